The number of anilines is 1. The van der Waals surface area contributed by atoms with Crippen molar-refractivity contribution < 1.29 is 22.3 Å². The Morgan fingerprint density at radius 2 is 2.03 bits per heavy atom. The number of nitrogens with zero attached hydrogens (tertiary/aromatic N) is 2. The van der Waals surface area contributed by atoms with E-state index in [1.54, 1.807) is 18.5 Å². The summed E-state index contributed by atoms with van der Waals surface area (Å²) in [6.07, 6.45) is 4.43. The first-order valence-electron chi connectivity index (χ1n) is 10.7. The molecule has 176 valence electrons. The Balaban J connectivity index is 1.32. The number of hydrogen-bond acceptors (Lipinski definition) is 5. The number of aromatic nitrogens is 1. The highest BCUT2D eigenvalue weighted by Crippen LogP contribution is 2.52. The molecule has 1 unspecified atom stereocenters. The summed E-state index contributed by atoms with van der Waals surface area (Å²) in [4.78, 5) is 15.5. The average molecular weight is 502 g/mol. The maximum absolute atomic E-state index is 14.1. The summed E-state index contributed by atoms with van der Waals surface area (Å²) in [7, 11) is -3.58. The number of hydrogen-bond donors (Lipinski definition) is 1. The molecule has 1 N–H and O–H groups in total. The van der Waals surface area contributed by atoms with Crippen LogP contribution in [0.15, 0.2) is 60.9 Å². The first kappa shape index (κ1) is 22.8. The molecule has 0 radical (unpaired) electrons. The van der Waals surface area contributed by atoms with Crippen molar-refractivity contribution in [3.05, 3.63) is 88.5 Å². The molecule has 7 nitrogen and oxygen atoms in total. The molecule has 5 rings (SSSR count). The van der Waals surface area contributed by atoms with Crippen LogP contribution in [0.2, 0.25) is 5.02 Å². The summed E-state index contributed by atoms with van der Waals surface area (Å²) >= 11 is 5.96. The van der Waals surface area contributed by atoms with Gasteiger partial charge in [-0.2, -0.15) is 4.31 Å². The molecule has 2 fully saturated rings. The molecule has 0 aliphatic carbocycles. The molecule has 34 heavy (non-hydrogen) atoms. The number of benzene rings is 2. The number of halogens is 2. The van der Waals surface area contributed by atoms with Gasteiger partial charge in [0.1, 0.15) is 18.2 Å². The van der Waals surface area contributed by atoms with E-state index in [0.29, 0.717) is 41.4 Å². The van der Waals surface area contributed by atoms with Gasteiger partial charge < -0.3 is 10.1 Å². The van der Waals surface area contributed by atoms with E-state index < -0.39 is 26.6 Å². The lowest BCUT2D eigenvalue weighted by Crippen LogP contribution is -2.33. The quantitative estimate of drug-likeness (QED) is 0.492. The van der Waals surface area contributed by atoms with Crippen molar-refractivity contribution in [2.45, 2.75) is 30.7 Å². The second-order valence-electron chi connectivity index (χ2n) is 8.34. The van der Waals surface area contributed by atoms with Crippen LogP contribution in [-0.2, 0) is 27.8 Å². The molecule has 1 amide bonds. The highest BCUT2D eigenvalue weighted by Gasteiger charge is 2.77. The van der Waals surface area contributed by atoms with E-state index in [1.807, 2.05) is 24.3 Å². The molecule has 2 aromatic carbocycles. The molecule has 0 bridgehead atoms. The number of amides is 1. The Hall–Kier alpha value is -3.01. The molecule has 2 saturated heterocycles. The standard InChI is InChI=1S/C24H21ClFN3O4S/c25-19-10-17(13-27-14-19)15-33-21-4-1-3-16(11-21)9-18-12-20(26)5-6-22(18)28-23(30)24-7-2-8-29(24)34(24,31)32/h1,3-6,10-14H,2,7-9,15H2,(H,28,30)/t24-,29?/m0/s1. The first-order chi connectivity index (χ1) is 16.3. The van der Waals surface area contributed by atoms with E-state index in [2.05, 4.69) is 10.3 Å². The summed E-state index contributed by atoms with van der Waals surface area (Å²) in [6.45, 7) is 0.634. The summed E-state index contributed by atoms with van der Waals surface area (Å²) in [5.74, 6) is -0.428. The maximum atomic E-state index is 14.1. The zero-order valence-electron chi connectivity index (χ0n) is 18.0. The smallest absolute Gasteiger partial charge is 0.263 e. The zero-order valence-corrected chi connectivity index (χ0v) is 19.6. The molecule has 2 atom stereocenters. The second-order valence-corrected chi connectivity index (χ2v) is 10.8. The van der Waals surface area contributed by atoms with Crippen molar-refractivity contribution in [1.82, 2.24) is 9.29 Å². The number of ether oxygens (including phenoxy) is 1. The van der Waals surface area contributed by atoms with E-state index in [-0.39, 0.29) is 13.0 Å². The Bertz CT molecular complexity index is 1380. The van der Waals surface area contributed by atoms with Crippen molar-refractivity contribution in [2.75, 3.05) is 11.9 Å². The van der Waals surface area contributed by atoms with Crippen LogP contribution in [0.25, 0.3) is 0 Å². The number of carbonyl (C=O) groups excluding carboxylic acids is 1. The molecule has 2 aliphatic heterocycles. The third-order valence-corrected chi connectivity index (χ3v) is 8.67. The molecule has 10 heteroatoms. The van der Waals surface area contributed by atoms with Gasteiger partial charge in [0.15, 0.2) is 0 Å². The van der Waals surface area contributed by atoms with Crippen LogP contribution in [-0.4, -0.2) is 35.0 Å². The van der Waals surface area contributed by atoms with Gasteiger partial charge >= 0.3 is 0 Å². The van der Waals surface area contributed by atoms with Crippen LogP contribution in [0.4, 0.5) is 10.1 Å². The minimum absolute atomic E-state index is 0.263. The lowest BCUT2D eigenvalue weighted by Gasteiger charge is -2.14. The third-order valence-electron chi connectivity index (χ3n) is 6.09. The lowest BCUT2D eigenvalue weighted by atomic mass is 10.0. The average Bonchev–Trinajstić information content (AvgIpc) is 3.11. The van der Waals surface area contributed by atoms with Gasteiger partial charge in [0.2, 0.25) is 14.9 Å². The maximum Gasteiger partial charge on any atom is 0.263 e. The Kier molecular flexibility index (Phi) is 5.79. The van der Waals surface area contributed by atoms with E-state index in [1.165, 1.54) is 22.5 Å². The van der Waals surface area contributed by atoms with Crippen molar-refractivity contribution in [3.63, 3.8) is 0 Å². The SMILES string of the molecule is O=C(Nc1ccc(F)cc1Cc1cccc(OCc2cncc(Cl)c2)c1)[C@@]12CCCN1S2(=O)=O. The van der Waals surface area contributed by atoms with Crippen LogP contribution in [0.5, 0.6) is 5.75 Å². The summed E-state index contributed by atoms with van der Waals surface area (Å²) in [6, 6.07) is 13.1. The fourth-order valence-electron chi connectivity index (χ4n) is 4.41. The number of nitrogens with one attached hydrogen (secondary N) is 1. The van der Waals surface area contributed by atoms with Crippen molar-refractivity contribution in [3.8, 4) is 5.75 Å². The molecule has 0 spiro atoms. The molecular formula is C24H21ClFN3O4S. The van der Waals surface area contributed by atoms with Gasteiger partial charge in [-0.1, -0.05) is 23.7 Å². The monoisotopic (exact) mass is 501 g/mol. The van der Waals surface area contributed by atoms with E-state index in [9.17, 15) is 17.6 Å². The van der Waals surface area contributed by atoms with Gasteiger partial charge in [0, 0.05) is 30.2 Å². The summed E-state index contributed by atoms with van der Waals surface area (Å²) in [5, 5.41) is 3.25. The van der Waals surface area contributed by atoms with Gasteiger partial charge in [-0.15, -0.1) is 0 Å². The fourth-order valence-corrected chi connectivity index (χ4v) is 6.78. The summed E-state index contributed by atoms with van der Waals surface area (Å²) < 4.78 is 45.7. The Morgan fingerprint density at radius 1 is 1.18 bits per heavy atom. The predicted octanol–water partition coefficient (Wildman–Crippen LogP) is 4.12. The third kappa shape index (κ3) is 4.04. The van der Waals surface area contributed by atoms with Crippen LogP contribution >= 0.6 is 11.6 Å². The molecule has 1 aromatic heterocycles. The lowest BCUT2D eigenvalue weighted by molar-refractivity contribution is -0.118. The second kappa shape index (κ2) is 8.65. The Labute approximate surface area is 201 Å². The molecule has 3 heterocycles. The minimum atomic E-state index is -3.58. The number of rotatable bonds is 7. The van der Waals surface area contributed by atoms with E-state index in [0.717, 1.165) is 11.1 Å². The van der Waals surface area contributed by atoms with Crippen LogP contribution in [0.1, 0.15) is 29.5 Å². The highest BCUT2D eigenvalue weighted by molar-refractivity contribution is 7.98. The van der Waals surface area contributed by atoms with Gasteiger partial charge in [-0.05, 0) is 66.8 Å². The van der Waals surface area contributed by atoms with E-state index in [4.69, 9.17) is 16.3 Å². The zero-order chi connectivity index (χ0) is 23.9. The van der Waals surface area contributed by atoms with Crippen LogP contribution < -0.4 is 10.1 Å². The van der Waals surface area contributed by atoms with Crippen molar-refractivity contribution in [1.29, 1.82) is 0 Å². The van der Waals surface area contributed by atoms with Crippen LogP contribution in [0, 0.1) is 5.82 Å². The largest absolute Gasteiger partial charge is 0.489 e. The fraction of sp³-hybridized carbons (Fsp3) is 0.250. The van der Waals surface area contributed by atoms with Crippen molar-refractivity contribution >= 4 is 33.2 Å². The molecule has 2 aliphatic rings. The van der Waals surface area contributed by atoms with Crippen molar-refractivity contribution in [2.24, 2.45) is 0 Å². The number of carbonyl (C=O) groups is 1. The first-order valence-corrected chi connectivity index (χ1v) is 12.5. The highest BCUT2D eigenvalue weighted by atomic mass is 35.5. The molecular weight excluding hydrogens is 481 g/mol. The molecule has 3 aromatic rings. The minimum Gasteiger partial charge on any atom is -0.489 e. The summed E-state index contributed by atoms with van der Waals surface area (Å²) in [5.41, 5.74) is 2.57. The van der Waals surface area contributed by atoms with Gasteiger partial charge in [-0.25, -0.2) is 12.8 Å². The molecule has 0 saturated carbocycles. The Morgan fingerprint density at radius 3 is 2.79 bits per heavy atom. The predicted molar refractivity (Wildman–Crippen MR) is 125 cm³/mol. The van der Waals surface area contributed by atoms with Gasteiger partial charge in [0.05, 0.1) is 5.02 Å². The van der Waals surface area contributed by atoms with Gasteiger partial charge in [-0.3, -0.25) is 9.78 Å². The normalized spacial score (nSPS) is 22.1. The number of pyridine rings is 1. The van der Waals surface area contributed by atoms with Crippen LogP contribution in [0.3, 0.4) is 0 Å². The number of fused-ring (bicyclic) bond motifs is 1. The van der Waals surface area contributed by atoms with E-state index >= 15 is 0 Å². The van der Waals surface area contributed by atoms with Gasteiger partial charge in [0.25, 0.3) is 5.91 Å². The number of sulfonamides is 1. The topological polar surface area (TPSA) is 88.4 Å².